The molecule has 1 N–H and O–H groups in total. The number of hydrogen-bond acceptors (Lipinski definition) is 1. The van der Waals surface area contributed by atoms with Crippen LogP contribution in [-0.2, 0) is 6.54 Å². The van der Waals surface area contributed by atoms with Crippen LogP contribution in [0.2, 0.25) is 0 Å². The summed E-state index contributed by atoms with van der Waals surface area (Å²) in [6.07, 6.45) is 1.38. The fourth-order valence-electron chi connectivity index (χ4n) is 1.07. The molecule has 12 heavy (non-hydrogen) atoms. The van der Waals surface area contributed by atoms with Crippen molar-refractivity contribution in [2.75, 3.05) is 6.54 Å². The molecular weight excluding hydrogens is 148 g/mol. The van der Waals surface area contributed by atoms with E-state index in [0.29, 0.717) is 0 Å². The Bertz CT molecular complexity index is 231. The molecule has 0 amide bonds. The second-order valence-corrected chi connectivity index (χ2v) is 2.68. The van der Waals surface area contributed by atoms with Crippen LogP contribution in [0.1, 0.15) is 12.5 Å². The first-order chi connectivity index (χ1) is 5.86. The lowest BCUT2D eigenvalue weighted by Crippen LogP contribution is -2.19. The first kappa shape index (κ1) is 8.78. The van der Waals surface area contributed by atoms with Crippen LogP contribution in [-0.4, -0.2) is 17.8 Å². The van der Waals surface area contributed by atoms with Gasteiger partial charge in [0.15, 0.2) is 0 Å². The Kier molecular flexibility index (Phi) is 3.33. The highest BCUT2D eigenvalue weighted by Crippen LogP contribution is 2.01. The molecule has 0 heterocycles. The summed E-state index contributed by atoms with van der Waals surface area (Å²) in [5, 5.41) is 7.11. The van der Waals surface area contributed by atoms with E-state index in [0.717, 1.165) is 13.1 Å². The van der Waals surface area contributed by atoms with Crippen molar-refractivity contribution in [3.63, 3.8) is 0 Å². The highest BCUT2D eigenvalue weighted by molar-refractivity contribution is 5.50. The molecule has 0 aliphatic heterocycles. The van der Waals surface area contributed by atoms with E-state index in [2.05, 4.69) is 12.1 Å². The van der Waals surface area contributed by atoms with Gasteiger partial charge in [0, 0.05) is 13.1 Å². The Morgan fingerprint density at radius 1 is 1.33 bits per heavy atom. The van der Waals surface area contributed by atoms with E-state index in [9.17, 15) is 0 Å². The van der Waals surface area contributed by atoms with Crippen LogP contribution in [0.15, 0.2) is 30.3 Å². The average molecular weight is 162 g/mol. The zero-order valence-corrected chi connectivity index (χ0v) is 7.33. The van der Waals surface area contributed by atoms with Gasteiger partial charge in [0.25, 0.3) is 0 Å². The predicted octanol–water partition coefficient (Wildman–Crippen LogP) is 2.12. The Hall–Kier alpha value is -1.31. The molecule has 0 saturated carbocycles. The summed E-state index contributed by atoms with van der Waals surface area (Å²) in [4.78, 5) is 1.95. The standard InChI is InChI=1S/C10H14N2/c1-2-12(9-11)8-10-6-4-3-5-7-10/h3-7,9,11H,2,8H2,1H3. The van der Waals surface area contributed by atoms with Crippen molar-refractivity contribution < 1.29 is 0 Å². The highest BCUT2D eigenvalue weighted by atomic mass is 15.1. The molecule has 0 bridgehead atoms. The van der Waals surface area contributed by atoms with Crippen molar-refractivity contribution in [2.45, 2.75) is 13.5 Å². The summed E-state index contributed by atoms with van der Waals surface area (Å²) in [5.74, 6) is 0. The molecule has 0 aliphatic rings. The van der Waals surface area contributed by atoms with Crippen molar-refractivity contribution >= 4 is 6.34 Å². The Morgan fingerprint density at radius 3 is 2.50 bits per heavy atom. The average Bonchev–Trinajstić information content (AvgIpc) is 2.16. The molecule has 0 fully saturated rings. The molecule has 0 radical (unpaired) electrons. The second kappa shape index (κ2) is 4.54. The molecule has 0 saturated heterocycles. The molecule has 0 aromatic heterocycles. The summed E-state index contributed by atoms with van der Waals surface area (Å²) >= 11 is 0. The van der Waals surface area contributed by atoms with Gasteiger partial charge in [-0.2, -0.15) is 0 Å². The second-order valence-electron chi connectivity index (χ2n) is 2.68. The fraction of sp³-hybridized carbons (Fsp3) is 0.300. The zero-order chi connectivity index (χ0) is 8.81. The predicted molar refractivity (Wildman–Crippen MR) is 51.3 cm³/mol. The van der Waals surface area contributed by atoms with Gasteiger partial charge in [0.2, 0.25) is 0 Å². The minimum absolute atomic E-state index is 0.834. The van der Waals surface area contributed by atoms with Gasteiger partial charge in [0.1, 0.15) is 0 Å². The number of nitrogens with one attached hydrogen (secondary N) is 1. The van der Waals surface area contributed by atoms with Crippen molar-refractivity contribution in [1.29, 1.82) is 5.41 Å². The summed E-state index contributed by atoms with van der Waals surface area (Å²) in [6, 6.07) is 10.2. The van der Waals surface area contributed by atoms with E-state index in [1.807, 2.05) is 30.0 Å². The maximum atomic E-state index is 7.11. The van der Waals surface area contributed by atoms with E-state index >= 15 is 0 Å². The van der Waals surface area contributed by atoms with Crippen molar-refractivity contribution in [2.24, 2.45) is 0 Å². The van der Waals surface area contributed by atoms with Crippen LogP contribution in [0, 0.1) is 5.41 Å². The van der Waals surface area contributed by atoms with Crippen molar-refractivity contribution in [3.05, 3.63) is 35.9 Å². The third-order valence-electron chi connectivity index (χ3n) is 1.82. The first-order valence-corrected chi connectivity index (χ1v) is 4.15. The lowest BCUT2D eigenvalue weighted by Gasteiger charge is -2.15. The third kappa shape index (κ3) is 2.38. The molecule has 1 aromatic rings. The summed E-state index contributed by atoms with van der Waals surface area (Å²) in [7, 11) is 0. The van der Waals surface area contributed by atoms with E-state index in [1.54, 1.807) is 0 Å². The lowest BCUT2D eigenvalue weighted by atomic mass is 10.2. The van der Waals surface area contributed by atoms with Crippen molar-refractivity contribution in [3.8, 4) is 0 Å². The molecule has 2 nitrogen and oxygen atoms in total. The zero-order valence-electron chi connectivity index (χ0n) is 7.33. The normalized spacial score (nSPS) is 9.42. The van der Waals surface area contributed by atoms with E-state index in [-0.39, 0.29) is 0 Å². The van der Waals surface area contributed by atoms with Crippen LogP contribution in [0.4, 0.5) is 0 Å². The largest absolute Gasteiger partial charge is 0.359 e. The lowest BCUT2D eigenvalue weighted by molar-refractivity contribution is 0.446. The summed E-state index contributed by atoms with van der Waals surface area (Å²) < 4.78 is 0. The van der Waals surface area contributed by atoms with Gasteiger partial charge in [-0.1, -0.05) is 30.3 Å². The molecule has 0 aliphatic carbocycles. The van der Waals surface area contributed by atoms with Gasteiger partial charge >= 0.3 is 0 Å². The van der Waals surface area contributed by atoms with Gasteiger partial charge in [-0.15, -0.1) is 0 Å². The Labute approximate surface area is 73.3 Å². The van der Waals surface area contributed by atoms with Gasteiger partial charge in [-0.25, -0.2) is 0 Å². The van der Waals surface area contributed by atoms with Gasteiger partial charge in [-0.05, 0) is 12.5 Å². The fourth-order valence-corrected chi connectivity index (χ4v) is 1.07. The van der Waals surface area contributed by atoms with Crippen LogP contribution < -0.4 is 0 Å². The summed E-state index contributed by atoms with van der Waals surface area (Å²) in [6.45, 7) is 3.77. The number of hydrogen-bond donors (Lipinski definition) is 1. The van der Waals surface area contributed by atoms with Crippen LogP contribution in [0.5, 0.6) is 0 Å². The smallest absolute Gasteiger partial charge is 0.0820 e. The Balaban J connectivity index is 2.56. The molecular formula is C10H14N2. The number of nitrogens with zero attached hydrogens (tertiary/aromatic N) is 1. The SMILES string of the molecule is CCN(C=N)Cc1ccccc1. The summed E-state index contributed by atoms with van der Waals surface area (Å²) in [5.41, 5.74) is 1.25. The van der Waals surface area contributed by atoms with Crippen LogP contribution in [0.25, 0.3) is 0 Å². The quantitative estimate of drug-likeness (QED) is 0.533. The number of rotatable bonds is 4. The highest BCUT2D eigenvalue weighted by Gasteiger charge is 1.96. The molecule has 1 aromatic carbocycles. The maximum Gasteiger partial charge on any atom is 0.0820 e. The van der Waals surface area contributed by atoms with Crippen molar-refractivity contribution in [1.82, 2.24) is 4.90 Å². The molecule has 2 heteroatoms. The van der Waals surface area contributed by atoms with Gasteiger partial charge in [-0.3, -0.25) is 5.41 Å². The number of benzene rings is 1. The van der Waals surface area contributed by atoms with E-state index in [4.69, 9.17) is 5.41 Å². The maximum absolute atomic E-state index is 7.11. The van der Waals surface area contributed by atoms with Gasteiger partial charge < -0.3 is 4.90 Å². The monoisotopic (exact) mass is 162 g/mol. The molecule has 64 valence electrons. The molecule has 0 spiro atoms. The van der Waals surface area contributed by atoms with Gasteiger partial charge in [0.05, 0.1) is 6.34 Å². The van der Waals surface area contributed by atoms with Crippen LogP contribution in [0.3, 0.4) is 0 Å². The minimum atomic E-state index is 0.834. The molecule has 0 unspecified atom stereocenters. The third-order valence-corrected chi connectivity index (χ3v) is 1.82. The van der Waals surface area contributed by atoms with E-state index < -0.39 is 0 Å². The topological polar surface area (TPSA) is 27.1 Å². The van der Waals surface area contributed by atoms with E-state index in [1.165, 1.54) is 11.9 Å². The minimum Gasteiger partial charge on any atom is -0.359 e. The molecule has 1 rings (SSSR count). The Morgan fingerprint density at radius 2 is 2.00 bits per heavy atom. The van der Waals surface area contributed by atoms with Crippen LogP contribution >= 0.6 is 0 Å². The first-order valence-electron chi connectivity index (χ1n) is 4.15. The molecule has 0 atom stereocenters.